The second-order valence-corrected chi connectivity index (χ2v) is 6.18. The van der Waals surface area contributed by atoms with Crippen LogP contribution in [0.15, 0.2) is 36.9 Å². The van der Waals surface area contributed by atoms with E-state index in [1.165, 1.54) is 18.4 Å². The predicted octanol–water partition coefficient (Wildman–Crippen LogP) is 2.68. The summed E-state index contributed by atoms with van der Waals surface area (Å²) in [7, 11) is 0. The average molecular weight is 291 g/mol. The topological polar surface area (TPSA) is 42.7 Å². The van der Waals surface area contributed by atoms with Crippen LogP contribution in [-0.4, -0.2) is 26.3 Å². The Balaban J connectivity index is 1.57. The predicted molar refractivity (Wildman–Crippen MR) is 79.7 cm³/mol. The summed E-state index contributed by atoms with van der Waals surface area (Å²) in [5.41, 5.74) is 1.60. The molecule has 20 heavy (non-hydrogen) atoms. The van der Waals surface area contributed by atoms with Crippen molar-refractivity contribution < 1.29 is 0 Å². The Labute approximate surface area is 124 Å². The Morgan fingerprint density at radius 1 is 1.35 bits per heavy atom. The zero-order chi connectivity index (χ0) is 14.0. The smallest absolute Gasteiger partial charge is 0.137 e. The maximum absolute atomic E-state index is 5.93. The van der Waals surface area contributed by atoms with Crippen LogP contribution in [0.25, 0.3) is 0 Å². The summed E-state index contributed by atoms with van der Waals surface area (Å²) in [5, 5.41) is 8.70. The summed E-state index contributed by atoms with van der Waals surface area (Å²) in [5.74, 6) is 0. The van der Waals surface area contributed by atoms with Gasteiger partial charge in [0.2, 0.25) is 0 Å². The van der Waals surface area contributed by atoms with Gasteiger partial charge in [0.15, 0.2) is 0 Å². The Morgan fingerprint density at radius 3 is 2.70 bits per heavy atom. The number of halogens is 1. The van der Waals surface area contributed by atoms with Gasteiger partial charge in [-0.15, -0.1) is 0 Å². The molecule has 0 radical (unpaired) electrons. The van der Waals surface area contributed by atoms with E-state index in [-0.39, 0.29) is 5.54 Å². The third kappa shape index (κ3) is 3.38. The monoisotopic (exact) mass is 290 g/mol. The summed E-state index contributed by atoms with van der Waals surface area (Å²) in [6.45, 7) is 3.05. The van der Waals surface area contributed by atoms with E-state index in [4.69, 9.17) is 11.6 Å². The lowest BCUT2D eigenvalue weighted by Crippen LogP contribution is -2.42. The normalized spacial score (nSPS) is 17.9. The number of hydrogen-bond acceptors (Lipinski definition) is 3. The molecule has 0 saturated heterocycles. The van der Waals surface area contributed by atoms with Gasteiger partial charge in [-0.3, -0.25) is 4.68 Å². The fourth-order valence-corrected chi connectivity index (χ4v) is 2.82. The van der Waals surface area contributed by atoms with Crippen molar-refractivity contribution in [2.24, 2.45) is 0 Å². The van der Waals surface area contributed by atoms with Crippen molar-refractivity contribution in [3.05, 3.63) is 47.5 Å². The summed E-state index contributed by atoms with van der Waals surface area (Å²) >= 11 is 5.93. The molecule has 0 aliphatic heterocycles. The van der Waals surface area contributed by atoms with Crippen molar-refractivity contribution >= 4 is 11.6 Å². The lowest BCUT2D eigenvalue weighted by atomic mass is 10.0. The van der Waals surface area contributed by atoms with Crippen LogP contribution in [0.4, 0.5) is 0 Å². The van der Waals surface area contributed by atoms with Crippen molar-refractivity contribution in [3.63, 3.8) is 0 Å². The third-order valence-corrected chi connectivity index (χ3v) is 4.04. The quantitative estimate of drug-likeness (QED) is 0.889. The van der Waals surface area contributed by atoms with E-state index in [2.05, 4.69) is 34.5 Å². The summed E-state index contributed by atoms with van der Waals surface area (Å²) < 4.78 is 1.87. The van der Waals surface area contributed by atoms with Crippen LogP contribution in [0.1, 0.15) is 25.3 Å². The Kier molecular flexibility index (Phi) is 3.76. The Morgan fingerprint density at radius 2 is 2.10 bits per heavy atom. The van der Waals surface area contributed by atoms with Gasteiger partial charge in [-0.1, -0.05) is 23.7 Å². The van der Waals surface area contributed by atoms with E-state index in [0.717, 1.165) is 18.0 Å². The van der Waals surface area contributed by atoms with Crippen molar-refractivity contribution in [2.75, 3.05) is 0 Å². The highest BCUT2D eigenvalue weighted by atomic mass is 35.5. The van der Waals surface area contributed by atoms with Gasteiger partial charge in [0.25, 0.3) is 0 Å². The van der Waals surface area contributed by atoms with Gasteiger partial charge in [0.05, 0.1) is 6.54 Å². The van der Waals surface area contributed by atoms with Crippen molar-refractivity contribution in [3.8, 4) is 0 Å². The first kappa shape index (κ1) is 13.6. The highest BCUT2D eigenvalue weighted by Gasteiger charge is 2.43. The molecule has 5 heteroatoms. The molecule has 0 unspecified atom stereocenters. The van der Waals surface area contributed by atoms with E-state index >= 15 is 0 Å². The number of rotatable bonds is 6. The molecule has 1 aliphatic rings. The van der Waals surface area contributed by atoms with E-state index in [9.17, 15) is 0 Å². The van der Waals surface area contributed by atoms with Gasteiger partial charge in [-0.2, -0.15) is 5.10 Å². The lowest BCUT2D eigenvalue weighted by Gasteiger charge is -2.23. The van der Waals surface area contributed by atoms with Gasteiger partial charge < -0.3 is 5.32 Å². The average Bonchev–Trinajstić information content (AvgIpc) is 2.96. The minimum atomic E-state index is 0.258. The fraction of sp³-hybridized carbons (Fsp3) is 0.467. The highest BCUT2D eigenvalue weighted by molar-refractivity contribution is 6.30. The minimum Gasteiger partial charge on any atom is -0.307 e. The van der Waals surface area contributed by atoms with Crippen LogP contribution in [-0.2, 0) is 13.0 Å². The number of benzene rings is 1. The molecular weight excluding hydrogens is 272 g/mol. The molecular formula is C15H19ClN4. The van der Waals surface area contributed by atoms with Crippen molar-refractivity contribution in [2.45, 2.75) is 44.3 Å². The Hall–Kier alpha value is -1.39. The van der Waals surface area contributed by atoms with E-state index in [0.29, 0.717) is 6.04 Å². The molecule has 1 saturated carbocycles. The minimum absolute atomic E-state index is 0.258. The second kappa shape index (κ2) is 5.54. The molecule has 4 nitrogen and oxygen atoms in total. The van der Waals surface area contributed by atoms with E-state index < -0.39 is 0 Å². The standard InChI is InChI=1S/C15H19ClN4/c1-12(9-20-11-17-10-18-20)19-15(6-7-15)8-13-2-4-14(16)5-3-13/h2-5,10-12,19H,6-9H2,1H3/t12-/m0/s1. The van der Waals surface area contributed by atoms with Crippen LogP contribution < -0.4 is 5.32 Å². The number of nitrogens with zero attached hydrogens (tertiary/aromatic N) is 3. The summed E-state index contributed by atoms with van der Waals surface area (Å²) in [4.78, 5) is 3.97. The van der Waals surface area contributed by atoms with Gasteiger partial charge in [-0.05, 0) is 43.9 Å². The van der Waals surface area contributed by atoms with Crippen LogP contribution in [0.3, 0.4) is 0 Å². The number of nitrogens with one attached hydrogen (secondary N) is 1. The number of hydrogen-bond donors (Lipinski definition) is 1. The third-order valence-electron chi connectivity index (χ3n) is 3.79. The zero-order valence-electron chi connectivity index (χ0n) is 11.6. The maximum atomic E-state index is 5.93. The fourth-order valence-electron chi connectivity index (χ4n) is 2.69. The lowest BCUT2D eigenvalue weighted by molar-refractivity contribution is 0.378. The molecule has 2 aromatic rings. The molecule has 1 aromatic carbocycles. The molecule has 1 N–H and O–H groups in total. The first-order chi connectivity index (χ1) is 9.65. The molecule has 0 amide bonds. The molecule has 1 heterocycles. The molecule has 0 spiro atoms. The first-order valence-electron chi connectivity index (χ1n) is 7.00. The molecule has 3 rings (SSSR count). The SMILES string of the molecule is C[C@@H](Cn1cncn1)NC1(Cc2ccc(Cl)cc2)CC1. The van der Waals surface area contributed by atoms with Gasteiger partial charge >= 0.3 is 0 Å². The van der Waals surface area contributed by atoms with Gasteiger partial charge in [-0.25, -0.2) is 4.98 Å². The highest BCUT2D eigenvalue weighted by Crippen LogP contribution is 2.39. The van der Waals surface area contributed by atoms with Crippen molar-refractivity contribution in [1.29, 1.82) is 0 Å². The van der Waals surface area contributed by atoms with Crippen LogP contribution in [0.2, 0.25) is 5.02 Å². The van der Waals surface area contributed by atoms with E-state index in [1.807, 2.05) is 16.8 Å². The van der Waals surface area contributed by atoms with Crippen molar-refractivity contribution in [1.82, 2.24) is 20.1 Å². The molecule has 106 valence electrons. The van der Waals surface area contributed by atoms with Crippen LogP contribution in [0.5, 0.6) is 0 Å². The molecule has 1 atom stereocenters. The zero-order valence-corrected chi connectivity index (χ0v) is 12.3. The van der Waals surface area contributed by atoms with Crippen LogP contribution in [0, 0.1) is 0 Å². The molecule has 1 aromatic heterocycles. The van der Waals surface area contributed by atoms with Crippen LogP contribution >= 0.6 is 11.6 Å². The van der Waals surface area contributed by atoms with Gasteiger partial charge in [0.1, 0.15) is 12.7 Å². The van der Waals surface area contributed by atoms with E-state index in [1.54, 1.807) is 12.7 Å². The van der Waals surface area contributed by atoms with Gasteiger partial charge in [0, 0.05) is 16.6 Å². The maximum Gasteiger partial charge on any atom is 0.137 e. The summed E-state index contributed by atoms with van der Waals surface area (Å²) in [6.07, 6.45) is 6.87. The molecule has 0 bridgehead atoms. The molecule has 1 aliphatic carbocycles. The second-order valence-electron chi connectivity index (χ2n) is 5.75. The summed E-state index contributed by atoms with van der Waals surface area (Å²) in [6, 6.07) is 8.54. The molecule has 1 fully saturated rings. The number of aromatic nitrogens is 3. The Bertz CT molecular complexity index is 546. The first-order valence-corrected chi connectivity index (χ1v) is 7.38. The largest absolute Gasteiger partial charge is 0.307 e.